The van der Waals surface area contributed by atoms with Crippen LogP contribution in [-0.4, -0.2) is 7.11 Å². The van der Waals surface area contributed by atoms with E-state index in [9.17, 15) is 0 Å². The van der Waals surface area contributed by atoms with Crippen LogP contribution in [0.5, 0.6) is 17.2 Å². The van der Waals surface area contributed by atoms with Gasteiger partial charge in [0.2, 0.25) is 0 Å². The lowest BCUT2D eigenvalue weighted by molar-refractivity contribution is 0.411. The van der Waals surface area contributed by atoms with Crippen LogP contribution < -0.4 is 15.2 Å². The number of nitrogens with two attached hydrogens (primary N) is 1. The predicted octanol–water partition coefficient (Wildman–Crippen LogP) is 4.14. The molecule has 0 fully saturated rings. The number of ether oxygens (including phenoxy) is 2. The minimum Gasteiger partial charge on any atom is -0.494 e. The molecule has 2 rings (SSSR count). The maximum absolute atomic E-state index is 5.81. The van der Waals surface area contributed by atoms with Gasteiger partial charge in [-0.3, -0.25) is 0 Å². The minimum atomic E-state index is 0.595. The molecule has 2 aromatic rings. The molecule has 0 saturated heterocycles. The van der Waals surface area contributed by atoms with Crippen LogP contribution in [0.1, 0.15) is 5.56 Å². The number of anilines is 1. The number of nitrogen functional groups attached to an aromatic ring is 1. The van der Waals surface area contributed by atoms with Crippen LogP contribution in [0.2, 0.25) is 0 Å². The molecule has 0 heterocycles. The van der Waals surface area contributed by atoms with Gasteiger partial charge in [-0.25, -0.2) is 0 Å². The van der Waals surface area contributed by atoms with E-state index in [-0.39, 0.29) is 0 Å². The van der Waals surface area contributed by atoms with Crippen molar-refractivity contribution in [2.24, 2.45) is 0 Å². The third-order valence-corrected chi connectivity index (χ3v) is 3.06. The fourth-order valence-electron chi connectivity index (χ4n) is 1.61. The van der Waals surface area contributed by atoms with Crippen LogP contribution in [-0.2, 0) is 0 Å². The lowest BCUT2D eigenvalue weighted by Gasteiger charge is -2.11. The van der Waals surface area contributed by atoms with E-state index in [4.69, 9.17) is 15.2 Å². The zero-order valence-corrected chi connectivity index (χ0v) is 11.8. The van der Waals surface area contributed by atoms with Crippen LogP contribution in [0.3, 0.4) is 0 Å². The largest absolute Gasteiger partial charge is 0.494 e. The molecule has 0 spiro atoms. The number of benzene rings is 2. The van der Waals surface area contributed by atoms with Crippen molar-refractivity contribution in [2.75, 3.05) is 12.8 Å². The number of hydrogen-bond acceptors (Lipinski definition) is 3. The van der Waals surface area contributed by atoms with Crippen LogP contribution in [0, 0.1) is 6.92 Å². The highest BCUT2D eigenvalue weighted by Crippen LogP contribution is 2.31. The summed E-state index contributed by atoms with van der Waals surface area (Å²) in [7, 11) is 1.58. The zero-order chi connectivity index (χ0) is 13.1. The number of hydrogen-bond donors (Lipinski definition) is 1. The maximum atomic E-state index is 5.81. The topological polar surface area (TPSA) is 44.5 Å². The molecule has 0 aliphatic heterocycles. The Bertz CT molecular complexity index is 570. The van der Waals surface area contributed by atoms with Gasteiger partial charge in [0, 0.05) is 10.5 Å². The molecular formula is C14H14BrNO2. The van der Waals surface area contributed by atoms with Crippen LogP contribution >= 0.6 is 15.9 Å². The van der Waals surface area contributed by atoms with Crippen molar-refractivity contribution in [1.82, 2.24) is 0 Å². The van der Waals surface area contributed by atoms with Crippen LogP contribution in [0.15, 0.2) is 40.9 Å². The monoisotopic (exact) mass is 307 g/mol. The van der Waals surface area contributed by atoms with Crippen molar-refractivity contribution >= 4 is 21.6 Å². The van der Waals surface area contributed by atoms with Gasteiger partial charge in [-0.15, -0.1) is 0 Å². The molecule has 0 amide bonds. The first-order valence-electron chi connectivity index (χ1n) is 5.47. The van der Waals surface area contributed by atoms with Crippen molar-refractivity contribution < 1.29 is 9.47 Å². The van der Waals surface area contributed by atoms with E-state index in [1.54, 1.807) is 19.2 Å². The first kappa shape index (κ1) is 12.8. The molecule has 94 valence electrons. The molecule has 0 aliphatic rings. The fourth-order valence-corrected chi connectivity index (χ4v) is 2.08. The van der Waals surface area contributed by atoms with Crippen molar-refractivity contribution in [3.05, 3.63) is 46.4 Å². The summed E-state index contributed by atoms with van der Waals surface area (Å²) in [6, 6.07) is 11.2. The molecule has 0 aromatic heterocycles. The van der Waals surface area contributed by atoms with E-state index in [1.807, 2.05) is 31.2 Å². The average Bonchev–Trinajstić information content (AvgIpc) is 2.35. The SMILES string of the molecule is COc1cc(Oc2ccc(Br)cc2C)ccc1N. The Kier molecular flexibility index (Phi) is 3.77. The third kappa shape index (κ3) is 2.76. The number of aryl methyl sites for hydroxylation is 1. The van der Waals surface area contributed by atoms with Crippen molar-refractivity contribution in [3.8, 4) is 17.2 Å². The second-order valence-corrected chi connectivity index (χ2v) is 4.83. The lowest BCUT2D eigenvalue weighted by atomic mass is 10.2. The molecule has 4 heteroatoms. The molecule has 18 heavy (non-hydrogen) atoms. The second kappa shape index (κ2) is 5.31. The fraction of sp³-hybridized carbons (Fsp3) is 0.143. The Hall–Kier alpha value is -1.68. The summed E-state index contributed by atoms with van der Waals surface area (Å²) in [4.78, 5) is 0. The van der Waals surface area contributed by atoms with Crippen LogP contribution in [0.4, 0.5) is 5.69 Å². The number of rotatable bonds is 3. The van der Waals surface area contributed by atoms with E-state index in [2.05, 4.69) is 15.9 Å². The van der Waals surface area contributed by atoms with Crippen molar-refractivity contribution in [2.45, 2.75) is 6.92 Å². The van der Waals surface area contributed by atoms with E-state index >= 15 is 0 Å². The Morgan fingerprint density at radius 1 is 1.06 bits per heavy atom. The number of halogens is 1. The summed E-state index contributed by atoms with van der Waals surface area (Å²) in [5, 5.41) is 0. The molecule has 0 saturated carbocycles. The molecule has 0 radical (unpaired) electrons. The lowest BCUT2D eigenvalue weighted by Crippen LogP contribution is -1.93. The van der Waals surface area contributed by atoms with Gasteiger partial charge >= 0.3 is 0 Å². The van der Waals surface area contributed by atoms with Gasteiger partial charge < -0.3 is 15.2 Å². The highest BCUT2D eigenvalue weighted by molar-refractivity contribution is 9.10. The Labute approximate surface area is 115 Å². The highest BCUT2D eigenvalue weighted by Gasteiger charge is 2.05. The predicted molar refractivity (Wildman–Crippen MR) is 76.4 cm³/mol. The molecule has 0 atom stereocenters. The average molecular weight is 308 g/mol. The molecule has 2 N–H and O–H groups in total. The maximum Gasteiger partial charge on any atom is 0.145 e. The van der Waals surface area contributed by atoms with Gasteiger partial charge in [-0.05, 0) is 42.8 Å². The molecule has 3 nitrogen and oxygen atoms in total. The number of methoxy groups -OCH3 is 1. The van der Waals surface area contributed by atoms with Gasteiger partial charge in [0.15, 0.2) is 0 Å². The summed E-state index contributed by atoms with van der Waals surface area (Å²) < 4.78 is 12.0. The van der Waals surface area contributed by atoms with Gasteiger partial charge in [0.05, 0.1) is 12.8 Å². The molecule has 0 aliphatic carbocycles. The molecule has 2 aromatic carbocycles. The van der Waals surface area contributed by atoms with Gasteiger partial charge in [-0.2, -0.15) is 0 Å². The summed E-state index contributed by atoms with van der Waals surface area (Å²) >= 11 is 3.42. The first-order valence-corrected chi connectivity index (χ1v) is 6.27. The Balaban J connectivity index is 2.28. The van der Waals surface area contributed by atoms with E-state index in [0.717, 1.165) is 15.8 Å². The summed E-state index contributed by atoms with van der Waals surface area (Å²) in [5.74, 6) is 2.12. The third-order valence-electron chi connectivity index (χ3n) is 2.57. The zero-order valence-electron chi connectivity index (χ0n) is 10.2. The minimum absolute atomic E-state index is 0.595. The van der Waals surface area contributed by atoms with E-state index in [0.29, 0.717) is 17.2 Å². The van der Waals surface area contributed by atoms with Crippen molar-refractivity contribution in [3.63, 3.8) is 0 Å². The summed E-state index contributed by atoms with van der Waals surface area (Å²) in [5.41, 5.74) is 7.41. The summed E-state index contributed by atoms with van der Waals surface area (Å²) in [6.07, 6.45) is 0. The highest BCUT2D eigenvalue weighted by atomic mass is 79.9. The Morgan fingerprint density at radius 2 is 1.83 bits per heavy atom. The molecular weight excluding hydrogens is 294 g/mol. The molecule has 0 unspecified atom stereocenters. The van der Waals surface area contributed by atoms with E-state index < -0.39 is 0 Å². The van der Waals surface area contributed by atoms with Gasteiger partial charge in [-0.1, -0.05) is 15.9 Å². The summed E-state index contributed by atoms with van der Waals surface area (Å²) in [6.45, 7) is 1.99. The second-order valence-electron chi connectivity index (χ2n) is 3.92. The Morgan fingerprint density at radius 3 is 2.50 bits per heavy atom. The van der Waals surface area contributed by atoms with Crippen molar-refractivity contribution in [1.29, 1.82) is 0 Å². The molecule has 0 bridgehead atoms. The first-order chi connectivity index (χ1) is 8.60. The van der Waals surface area contributed by atoms with E-state index in [1.165, 1.54) is 0 Å². The smallest absolute Gasteiger partial charge is 0.145 e. The normalized spacial score (nSPS) is 10.2. The van der Waals surface area contributed by atoms with Gasteiger partial charge in [0.25, 0.3) is 0 Å². The standard InChI is InChI=1S/C14H14BrNO2/c1-9-7-10(15)3-6-13(9)18-11-4-5-12(16)14(8-11)17-2/h3-8H,16H2,1-2H3. The quantitative estimate of drug-likeness (QED) is 0.867. The van der Waals surface area contributed by atoms with Crippen LogP contribution in [0.25, 0.3) is 0 Å². The van der Waals surface area contributed by atoms with Gasteiger partial charge in [0.1, 0.15) is 17.2 Å².